The molecule has 1 heterocycles. The standard InChI is InChI=1S/C13H13ClN2O/c1-8(2)12(17)7-11-13(14)16-10-6-4-3-5-9(10)15-11/h3-6,8H,7H2,1-2H3. The molecule has 0 aliphatic heterocycles. The molecule has 0 radical (unpaired) electrons. The first-order valence-electron chi connectivity index (χ1n) is 5.52. The Bertz CT molecular complexity index is 566. The van der Waals surface area contributed by atoms with Crippen LogP contribution in [-0.2, 0) is 11.2 Å². The van der Waals surface area contributed by atoms with Gasteiger partial charge in [-0.25, -0.2) is 9.97 Å². The Morgan fingerprint density at radius 1 is 1.24 bits per heavy atom. The lowest BCUT2D eigenvalue weighted by atomic mass is 10.0. The average molecular weight is 249 g/mol. The fourth-order valence-electron chi connectivity index (χ4n) is 1.50. The molecule has 17 heavy (non-hydrogen) atoms. The second-order valence-electron chi connectivity index (χ2n) is 4.25. The van der Waals surface area contributed by atoms with Gasteiger partial charge in [0.1, 0.15) is 5.78 Å². The molecule has 0 N–H and O–H groups in total. The number of aromatic nitrogens is 2. The molecule has 2 aromatic rings. The highest BCUT2D eigenvalue weighted by Gasteiger charge is 2.13. The van der Waals surface area contributed by atoms with Crippen molar-refractivity contribution in [1.82, 2.24) is 9.97 Å². The first-order valence-corrected chi connectivity index (χ1v) is 5.89. The van der Waals surface area contributed by atoms with Gasteiger partial charge in [-0.05, 0) is 12.1 Å². The summed E-state index contributed by atoms with van der Waals surface area (Å²) in [7, 11) is 0. The number of nitrogens with zero attached hydrogens (tertiary/aromatic N) is 2. The van der Waals surface area contributed by atoms with Crippen molar-refractivity contribution >= 4 is 28.4 Å². The van der Waals surface area contributed by atoms with E-state index < -0.39 is 0 Å². The minimum atomic E-state index is -0.0145. The Morgan fingerprint density at radius 2 is 1.82 bits per heavy atom. The van der Waals surface area contributed by atoms with Gasteiger partial charge in [0, 0.05) is 5.92 Å². The number of hydrogen-bond acceptors (Lipinski definition) is 3. The first kappa shape index (κ1) is 12.0. The lowest BCUT2D eigenvalue weighted by molar-refractivity contribution is -0.121. The third-order valence-electron chi connectivity index (χ3n) is 2.58. The number of Topliss-reactive ketones (excluding diaryl/α,β-unsaturated/α-hetero) is 1. The largest absolute Gasteiger partial charge is 0.299 e. The average Bonchev–Trinajstić information content (AvgIpc) is 2.29. The third kappa shape index (κ3) is 2.61. The first-order chi connectivity index (χ1) is 8.08. The van der Waals surface area contributed by atoms with E-state index in [9.17, 15) is 4.79 Å². The van der Waals surface area contributed by atoms with Crippen LogP contribution in [0.5, 0.6) is 0 Å². The summed E-state index contributed by atoms with van der Waals surface area (Å²) in [6.45, 7) is 3.73. The highest BCUT2D eigenvalue weighted by molar-refractivity contribution is 6.30. The summed E-state index contributed by atoms with van der Waals surface area (Å²) < 4.78 is 0. The van der Waals surface area contributed by atoms with Crippen LogP contribution in [0.1, 0.15) is 19.5 Å². The van der Waals surface area contributed by atoms with Crippen LogP contribution >= 0.6 is 11.6 Å². The van der Waals surface area contributed by atoms with Gasteiger partial charge >= 0.3 is 0 Å². The Morgan fingerprint density at radius 3 is 2.41 bits per heavy atom. The van der Waals surface area contributed by atoms with Gasteiger partial charge in [-0.15, -0.1) is 0 Å². The van der Waals surface area contributed by atoms with E-state index in [0.29, 0.717) is 10.8 Å². The summed E-state index contributed by atoms with van der Waals surface area (Å²) in [5, 5.41) is 0.317. The molecule has 1 aromatic carbocycles. The molecule has 0 spiro atoms. The summed E-state index contributed by atoms with van der Waals surface area (Å²) in [5.74, 6) is 0.107. The molecule has 0 unspecified atom stereocenters. The molecule has 0 aliphatic rings. The Kier molecular flexibility index (Phi) is 3.38. The van der Waals surface area contributed by atoms with Crippen molar-refractivity contribution < 1.29 is 4.79 Å². The molecule has 88 valence electrons. The van der Waals surface area contributed by atoms with E-state index in [1.165, 1.54) is 0 Å². The van der Waals surface area contributed by atoms with Crippen molar-refractivity contribution in [3.05, 3.63) is 35.1 Å². The van der Waals surface area contributed by atoms with E-state index in [0.717, 1.165) is 11.0 Å². The number of rotatable bonds is 3. The topological polar surface area (TPSA) is 42.9 Å². The van der Waals surface area contributed by atoms with E-state index >= 15 is 0 Å². The van der Waals surface area contributed by atoms with E-state index in [1.54, 1.807) is 0 Å². The van der Waals surface area contributed by atoms with Crippen molar-refractivity contribution in [3.63, 3.8) is 0 Å². The number of fused-ring (bicyclic) bond motifs is 1. The molecule has 0 bridgehead atoms. The predicted octanol–water partition coefficient (Wildman–Crippen LogP) is 3.05. The summed E-state index contributed by atoms with van der Waals surface area (Å²) in [6, 6.07) is 7.48. The number of halogens is 1. The Hall–Kier alpha value is -1.48. The Balaban J connectivity index is 2.41. The maximum atomic E-state index is 11.7. The van der Waals surface area contributed by atoms with Crippen LogP contribution in [0.4, 0.5) is 0 Å². The number of carbonyl (C=O) groups is 1. The van der Waals surface area contributed by atoms with Crippen molar-refractivity contribution in [1.29, 1.82) is 0 Å². The Labute approximate surface area is 105 Å². The lowest BCUT2D eigenvalue weighted by Crippen LogP contribution is -2.12. The van der Waals surface area contributed by atoms with E-state index in [-0.39, 0.29) is 18.1 Å². The summed E-state index contributed by atoms with van der Waals surface area (Å²) in [4.78, 5) is 20.3. The minimum absolute atomic E-state index is 0.0145. The molecular formula is C13H13ClN2O. The molecule has 1 aromatic heterocycles. The number of carbonyl (C=O) groups excluding carboxylic acids is 1. The smallest absolute Gasteiger partial charge is 0.151 e. The van der Waals surface area contributed by atoms with Gasteiger partial charge in [-0.3, -0.25) is 4.79 Å². The van der Waals surface area contributed by atoms with Crippen LogP contribution in [0.2, 0.25) is 5.15 Å². The van der Waals surface area contributed by atoms with Gasteiger partial charge in [0.15, 0.2) is 5.15 Å². The molecule has 0 amide bonds. The van der Waals surface area contributed by atoms with Crippen LogP contribution in [0.25, 0.3) is 11.0 Å². The van der Waals surface area contributed by atoms with E-state index in [2.05, 4.69) is 9.97 Å². The second-order valence-corrected chi connectivity index (χ2v) is 4.61. The zero-order valence-electron chi connectivity index (χ0n) is 9.77. The highest BCUT2D eigenvalue weighted by atomic mass is 35.5. The molecule has 0 saturated heterocycles. The number of ketones is 1. The number of para-hydroxylation sites is 2. The van der Waals surface area contributed by atoms with Gasteiger partial charge in [-0.1, -0.05) is 37.6 Å². The fourth-order valence-corrected chi connectivity index (χ4v) is 1.70. The maximum absolute atomic E-state index is 11.7. The lowest BCUT2D eigenvalue weighted by Gasteiger charge is -2.06. The number of hydrogen-bond donors (Lipinski definition) is 0. The SMILES string of the molecule is CC(C)C(=O)Cc1nc2ccccc2nc1Cl. The van der Waals surface area contributed by atoms with Crippen molar-refractivity contribution in [3.8, 4) is 0 Å². The summed E-state index contributed by atoms with van der Waals surface area (Å²) in [5.41, 5.74) is 2.07. The molecule has 4 heteroatoms. The monoisotopic (exact) mass is 248 g/mol. The third-order valence-corrected chi connectivity index (χ3v) is 2.88. The van der Waals surface area contributed by atoms with Crippen LogP contribution in [0.15, 0.2) is 24.3 Å². The maximum Gasteiger partial charge on any atom is 0.151 e. The molecule has 0 saturated carbocycles. The molecule has 2 rings (SSSR count). The normalized spacial score (nSPS) is 11.1. The molecule has 0 atom stereocenters. The van der Waals surface area contributed by atoms with E-state index in [1.807, 2.05) is 38.1 Å². The predicted molar refractivity (Wildman–Crippen MR) is 68.1 cm³/mol. The summed E-state index contributed by atoms with van der Waals surface area (Å²) in [6.07, 6.45) is 0.244. The van der Waals surface area contributed by atoms with E-state index in [4.69, 9.17) is 11.6 Å². The van der Waals surface area contributed by atoms with Crippen LogP contribution in [0, 0.1) is 5.92 Å². The quantitative estimate of drug-likeness (QED) is 0.839. The van der Waals surface area contributed by atoms with Crippen molar-refractivity contribution in [2.45, 2.75) is 20.3 Å². The van der Waals surface area contributed by atoms with Crippen molar-refractivity contribution in [2.75, 3.05) is 0 Å². The van der Waals surface area contributed by atoms with Crippen LogP contribution in [-0.4, -0.2) is 15.8 Å². The minimum Gasteiger partial charge on any atom is -0.299 e. The summed E-state index contributed by atoms with van der Waals surface area (Å²) >= 11 is 6.03. The second kappa shape index (κ2) is 4.80. The molecule has 0 fully saturated rings. The zero-order chi connectivity index (χ0) is 12.4. The fraction of sp³-hybridized carbons (Fsp3) is 0.308. The van der Waals surface area contributed by atoms with Crippen LogP contribution in [0.3, 0.4) is 0 Å². The van der Waals surface area contributed by atoms with Gasteiger partial charge in [0.2, 0.25) is 0 Å². The van der Waals surface area contributed by atoms with Gasteiger partial charge in [-0.2, -0.15) is 0 Å². The zero-order valence-corrected chi connectivity index (χ0v) is 10.5. The van der Waals surface area contributed by atoms with Gasteiger partial charge in [0.05, 0.1) is 23.1 Å². The molecule has 0 aliphatic carbocycles. The van der Waals surface area contributed by atoms with Crippen LogP contribution < -0.4 is 0 Å². The highest BCUT2D eigenvalue weighted by Crippen LogP contribution is 2.18. The van der Waals surface area contributed by atoms with Gasteiger partial charge < -0.3 is 0 Å². The molecule has 3 nitrogen and oxygen atoms in total. The van der Waals surface area contributed by atoms with Gasteiger partial charge in [0.25, 0.3) is 0 Å². The van der Waals surface area contributed by atoms with Crippen molar-refractivity contribution in [2.24, 2.45) is 5.92 Å². The number of benzene rings is 1. The molecular weight excluding hydrogens is 236 g/mol.